The molecule has 0 aliphatic carbocycles. The van der Waals surface area contributed by atoms with Gasteiger partial charge in [0.2, 0.25) is 23.6 Å². The van der Waals surface area contributed by atoms with Crippen molar-refractivity contribution in [3.8, 4) is 0 Å². The molecule has 0 aromatic heterocycles. The molecule has 0 radical (unpaired) electrons. The zero-order chi connectivity index (χ0) is 28.9. The van der Waals surface area contributed by atoms with Crippen LogP contribution < -0.4 is 27.8 Å². The van der Waals surface area contributed by atoms with E-state index in [1.54, 1.807) is 0 Å². The zero-order valence-corrected chi connectivity index (χ0v) is 23.5. The molecule has 15 heteroatoms. The lowest BCUT2D eigenvalue weighted by molar-refractivity contribution is -0.147. The van der Waals surface area contributed by atoms with E-state index >= 15 is 0 Å². The highest BCUT2D eigenvalue weighted by Gasteiger charge is 2.40. The van der Waals surface area contributed by atoms with Crippen molar-refractivity contribution >= 4 is 47.3 Å². The number of hydrogen-bond donors (Lipinski definition) is 5. The molecule has 8 N–H and O–H groups in total. The molecule has 0 bridgehead atoms. The summed E-state index contributed by atoms with van der Waals surface area (Å²) in [5.74, 6) is -1.63. The number of amides is 4. The minimum atomic E-state index is -0.955. The van der Waals surface area contributed by atoms with E-state index in [1.807, 2.05) is 6.26 Å². The van der Waals surface area contributed by atoms with Gasteiger partial charge in [-0.05, 0) is 57.0 Å². The van der Waals surface area contributed by atoms with Crippen LogP contribution in [0.15, 0.2) is 4.99 Å². The van der Waals surface area contributed by atoms with Crippen LogP contribution in [0.3, 0.4) is 0 Å². The van der Waals surface area contributed by atoms with Gasteiger partial charge in [-0.1, -0.05) is 0 Å². The number of guanidine groups is 1. The number of aliphatic imine (C=N–C) groups is 1. The normalized spacial score (nSPS) is 20.2. The lowest BCUT2D eigenvalue weighted by atomic mass is 10.1. The molecule has 0 aromatic rings. The molecule has 2 saturated heterocycles. The van der Waals surface area contributed by atoms with Crippen molar-refractivity contribution in [3.63, 3.8) is 0 Å². The molecule has 2 heterocycles. The van der Waals surface area contributed by atoms with Crippen molar-refractivity contribution in [2.24, 2.45) is 22.2 Å². The predicted octanol–water partition coefficient (Wildman–Crippen LogP) is -2.12. The van der Waals surface area contributed by atoms with Crippen molar-refractivity contribution in [2.75, 3.05) is 45.3 Å². The number of carbonyl (C=O) groups excluding carboxylic acids is 5. The van der Waals surface area contributed by atoms with Crippen LogP contribution in [0.2, 0.25) is 0 Å². The minimum absolute atomic E-state index is 0.0817. The van der Waals surface area contributed by atoms with Gasteiger partial charge in [-0.25, -0.2) is 4.79 Å². The molecule has 39 heavy (non-hydrogen) atoms. The number of thioether (sulfide) groups is 1. The van der Waals surface area contributed by atoms with Crippen molar-refractivity contribution in [1.82, 2.24) is 20.4 Å². The maximum atomic E-state index is 13.7. The molecule has 4 amide bonds. The van der Waals surface area contributed by atoms with Gasteiger partial charge in [0.1, 0.15) is 24.2 Å². The van der Waals surface area contributed by atoms with Crippen LogP contribution >= 0.6 is 11.8 Å². The Morgan fingerprint density at radius 1 is 0.974 bits per heavy atom. The summed E-state index contributed by atoms with van der Waals surface area (Å²) in [5, 5.41) is 5.54. The number of esters is 1. The van der Waals surface area contributed by atoms with Crippen LogP contribution in [0.25, 0.3) is 0 Å². The predicted molar refractivity (Wildman–Crippen MR) is 147 cm³/mol. The van der Waals surface area contributed by atoms with Gasteiger partial charge < -0.3 is 42.4 Å². The number of nitrogens with zero attached hydrogens (tertiary/aromatic N) is 3. The van der Waals surface area contributed by atoms with Crippen LogP contribution in [-0.2, 0) is 28.7 Å². The van der Waals surface area contributed by atoms with Crippen LogP contribution in [0.4, 0.5) is 0 Å². The monoisotopic (exact) mass is 570 g/mol. The van der Waals surface area contributed by atoms with E-state index in [4.69, 9.17) is 21.9 Å². The Hall–Kier alpha value is -3.07. The fourth-order valence-corrected chi connectivity index (χ4v) is 5.35. The molecule has 0 saturated carbocycles. The number of methoxy groups -OCH3 is 1. The molecule has 2 fully saturated rings. The number of likely N-dealkylation sites (tertiary alicyclic amines) is 2. The molecular weight excluding hydrogens is 528 g/mol. The summed E-state index contributed by atoms with van der Waals surface area (Å²) in [5.41, 5.74) is 16.3. The Morgan fingerprint density at radius 2 is 1.56 bits per heavy atom. The molecule has 14 nitrogen and oxygen atoms in total. The third-order valence-electron chi connectivity index (χ3n) is 6.86. The first-order valence-electron chi connectivity index (χ1n) is 13.2. The summed E-state index contributed by atoms with van der Waals surface area (Å²) in [4.78, 5) is 71.3. The molecule has 220 valence electrons. The second kappa shape index (κ2) is 16.1. The Labute approximate surface area is 233 Å². The first-order valence-corrected chi connectivity index (χ1v) is 14.6. The fourth-order valence-electron chi connectivity index (χ4n) is 4.88. The second-order valence-electron chi connectivity index (χ2n) is 9.51. The Bertz CT molecular complexity index is 915. The fraction of sp³-hybridized carbons (Fsp3) is 0.750. The number of nitrogens with two attached hydrogens (primary N) is 3. The molecule has 2 aliphatic rings. The van der Waals surface area contributed by atoms with Crippen LogP contribution in [0, 0.1) is 0 Å². The van der Waals surface area contributed by atoms with Crippen molar-refractivity contribution in [1.29, 1.82) is 0 Å². The first kappa shape index (κ1) is 32.1. The highest BCUT2D eigenvalue weighted by Crippen LogP contribution is 2.22. The van der Waals surface area contributed by atoms with Crippen molar-refractivity contribution in [3.05, 3.63) is 0 Å². The average Bonchev–Trinajstić information content (AvgIpc) is 3.61. The van der Waals surface area contributed by atoms with Gasteiger partial charge >= 0.3 is 5.97 Å². The summed E-state index contributed by atoms with van der Waals surface area (Å²) < 4.78 is 4.83. The Morgan fingerprint density at radius 3 is 2.13 bits per heavy atom. The molecule has 0 spiro atoms. The number of hydrogen-bond acceptors (Lipinski definition) is 9. The number of rotatable bonds is 14. The van der Waals surface area contributed by atoms with Gasteiger partial charge in [0.15, 0.2) is 5.96 Å². The summed E-state index contributed by atoms with van der Waals surface area (Å²) in [7, 11) is 1.26. The first-order chi connectivity index (χ1) is 18.6. The van der Waals surface area contributed by atoms with Gasteiger partial charge in [0.25, 0.3) is 0 Å². The summed E-state index contributed by atoms with van der Waals surface area (Å²) in [6.45, 7) is 0.789. The van der Waals surface area contributed by atoms with Gasteiger partial charge in [-0.15, -0.1) is 0 Å². The topological polar surface area (TPSA) is 216 Å². The second-order valence-corrected chi connectivity index (χ2v) is 10.5. The Kier molecular flexibility index (Phi) is 13.3. The van der Waals surface area contributed by atoms with Crippen LogP contribution in [0.5, 0.6) is 0 Å². The quantitative estimate of drug-likeness (QED) is 0.0662. The Balaban J connectivity index is 2.17. The van der Waals surface area contributed by atoms with E-state index in [1.165, 1.54) is 28.7 Å². The van der Waals surface area contributed by atoms with Gasteiger partial charge in [0, 0.05) is 19.6 Å². The molecule has 0 aromatic carbocycles. The summed E-state index contributed by atoms with van der Waals surface area (Å²) in [6.07, 6.45) is 5.04. The van der Waals surface area contributed by atoms with Crippen molar-refractivity contribution in [2.45, 2.75) is 69.1 Å². The number of nitrogens with one attached hydrogen (secondary N) is 2. The maximum Gasteiger partial charge on any atom is 0.328 e. The van der Waals surface area contributed by atoms with E-state index in [2.05, 4.69) is 15.6 Å². The van der Waals surface area contributed by atoms with E-state index < -0.39 is 47.9 Å². The van der Waals surface area contributed by atoms with Gasteiger partial charge in [-0.2, -0.15) is 11.8 Å². The van der Waals surface area contributed by atoms with E-state index in [9.17, 15) is 24.0 Å². The highest BCUT2D eigenvalue weighted by atomic mass is 32.2. The average molecular weight is 571 g/mol. The van der Waals surface area contributed by atoms with Gasteiger partial charge in [0.05, 0.1) is 13.7 Å². The molecule has 0 unspecified atom stereocenters. The number of carbonyl (C=O) groups is 5. The standard InChI is InChI=1S/C24H42N8O6S/c1-38-23(37)16(9-13-39-2)30-21(35)18-8-5-12-32(18)22(36)15(6-3-10-28-24(26)27)29-20(34)17-7-4-11-31(17)19(33)14-25/h15-18H,3-14,25H2,1-2H3,(H,29,34)(H,30,35)(H4,26,27,28)/t15-,16-,17-,18-/m0/s1. The molecule has 2 rings (SSSR count). The smallest absolute Gasteiger partial charge is 0.328 e. The zero-order valence-electron chi connectivity index (χ0n) is 22.7. The number of ether oxygens (including phenoxy) is 1. The van der Waals surface area contributed by atoms with Gasteiger partial charge in [-0.3, -0.25) is 24.2 Å². The van der Waals surface area contributed by atoms with Crippen LogP contribution in [-0.4, -0.2) is 115 Å². The highest BCUT2D eigenvalue weighted by molar-refractivity contribution is 7.98. The SMILES string of the molecule is COC(=O)[C@H](CCSC)NC(=O)[C@@H]1CCCN1C(=O)[C@H](CCCN=C(N)N)NC(=O)[C@@H]1CCCN1C(=O)CN. The van der Waals surface area contributed by atoms with E-state index in [-0.39, 0.29) is 31.4 Å². The lowest BCUT2D eigenvalue weighted by Gasteiger charge is -2.31. The third kappa shape index (κ3) is 9.27. The van der Waals surface area contributed by atoms with Crippen molar-refractivity contribution < 1.29 is 28.7 Å². The molecule has 4 atom stereocenters. The third-order valence-corrected chi connectivity index (χ3v) is 7.51. The summed E-state index contributed by atoms with van der Waals surface area (Å²) >= 11 is 1.54. The largest absolute Gasteiger partial charge is 0.467 e. The lowest BCUT2D eigenvalue weighted by Crippen LogP contribution is -2.57. The summed E-state index contributed by atoms with van der Waals surface area (Å²) in [6, 6.07) is -3.29. The molecular formula is C24H42N8O6S. The van der Waals surface area contributed by atoms with Crippen LogP contribution in [0.1, 0.15) is 44.9 Å². The molecule has 2 aliphatic heterocycles. The van der Waals surface area contributed by atoms with E-state index in [0.29, 0.717) is 57.4 Å². The van der Waals surface area contributed by atoms with E-state index in [0.717, 1.165) is 0 Å². The minimum Gasteiger partial charge on any atom is -0.467 e. The maximum absolute atomic E-state index is 13.7.